The summed E-state index contributed by atoms with van der Waals surface area (Å²) in [6.07, 6.45) is 0. The fourth-order valence-electron chi connectivity index (χ4n) is 14.2. The van der Waals surface area contributed by atoms with Crippen LogP contribution in [0.2, 0.25) is 0 Å². The minimum absolute atomic E-state index is 0.0566. The molecule has 3 heterocycles. The second kappa shape index (κ2) is 20.7. The summed E-state index contributed by atoms with van der Waals surface area (Å²) < 4.78 is 92.2. The Labute approximate surface area is 535 Å². The van der Waals surface area contributed by atoms with Gasteiger partial charge in [-0.15, -0.1) is 0 Å². The van der Waals surface area contributed by atoms with Crippen molar-refractivity contribution in [2.45, 2.75) is 84.0 Å². The predicted octanol–water partition coefficient (Wildman–Crippen LogP) is 20.7. The fourth-order valence-corrected chi connectivity index (χ4v) is 14.2. The van der Waals surface area contributed by atoms with Gasteiger partial charge in [0, 0.05) is 28.2 Å². The van der Waals surface area contributed by atoms with Crippen LogP contribution in [0.3, 0.4) is 0 Å². The Morgan fingerprint density at radius 2 is 0.773 bits per heavy atom. The highest BCUT2D eigenvalue weighted by Crippen LogP contribution is 2.60. The maximum absolute atomic E-state index is 9.59. The van der Waals surface area contributed by atoms with Crippen LogP contribution >= 0.6 is 0 Å². The third-order valence-electron chi connectivity index (χ3n) is 18.5. The molecule has 2 nitrogen and oxygen atoms in total. The van der Waals surface area contributed by atoms with Crippen LogP contribution in [-0.4, -0.2) is 6.71 Å². The van der Waals surface area contributed by atoms with Gasteiger partial charge in [0.1, 0.15) is 0 Å². The van der Waals surface area contributed by atoms with Crippen molar-refractivity contribution in [3.63, 3.8) is 0 Å². The molecule has 3 aliphatic heterocycles. The average molecular weight is 1140 g/mol. The molecule has 0 atom stereocenters. The molecule has 0 aromatic heterocycles. The van der Waals surface area contributed by atoms with E-state index in [2.05, 4.69) is 248 Å². The summed E-state index contributed by atoms with van der Waals surface area (Å²) in [5, 5.41) is 0. The Kier molecular flexibility index (Phi) is 10.5. The van der Waals surface area contributed by atoms with E-state index < -0.39 is 48.4 Å². The van der Waals surface area contributed by atoms with Crippen LogP contribution in [-0.2, 0) is 21.7 Å². The first-order valence-corrected chi connectivity index (χ1v) is 30.6. The Hall–Kier alpha value is -9.70. The lowest BCUT2D eigenvalue weighted by atomic mass is 9.29. The van der Waals surface area contributed by atoms with E-state index in [1.807, 2.05) is 42.5 Å². The molecule has 0 saturated carbocycles. The summed E-state index contributed by atoms with van der Waals surface area (Å²) in [6.45, 7) is 19.6. The van der Waals surface area contributed by atoms with Crippen molar-refractivity contribution in [1.82, 2.24) is 0 Å². The van der Waals surface area contributed by atoms with Crippen LogP contribution in [0.15, 0.2) is 279 Å². The van der Waals surface area contributed by atoms with Crippen LogP contribution in [0.25, 0.3) is 55.6 Å². The third kappa shape index (κ3) is 8.92. The van der Waals surface area contributed by atoms with E-state index in [1.54, 1.807) is 0 Å². The number of hydrogen-bond acceptors (Lipinski definition) is 2. The summed E-state index contributed by atoms with van der Waals surface area (Å²) in [7, 11) is 0. The molecule has 0 N–H and O–H groups in total. The maximum atomic E-state index is 9.59. The van der Waals surface area contributed by atoms with Crippen molar-refractivity contribution in [2.75, 3.05) is 9.80 Å². The van der Waals surface area contributed by atoms with Crippen LogP contribution in [0.4, 0.5) is 34.1 Å². The van der Waals surface area contributed by atoms with E-state index in [-0.39, 0.29) is 51.5 Å². The highest BCUT2D eigenvalue weighted by atomic mass is 15.2. The summed E-state index contributed by atoms with van der Waals surface area (Å²) in [6, 6.07) is 73.5. The zero-order valence-electron chi connectivity index (χ0n) is 61.3. The molecule has 0 unspecified atom stereocenters. The first-order valence-electron chi connectivity index (χ1n) is 35.6. The molecule has 3 heteroatoms. The van der Waals surface area contributed by atoms with Crippen molar-refractivity contribution in [3.8, 4) is 55.6 Å². The minimum atomic E-state index is -1.19. The van der Waals surface area contributed by atoms with Crippen molar-refractivity contribution < 1.29 is 13.7 Å². The van der Waals surface area contributed by atoms with E-state index in [9.17, 15) is 5.48 Å². The largest absolute Gasteiger partial charge is 0.310 e. The predicted molar refractivity (Wildman–Crippen MR) is 376 cm³/mol. The summed E-state index contributed by atoms with van der Waals surface area (Å²) in [5.41, 5.74) is 20.2. The van der Waals surface area contributed by atoms with Crippen molar-refractivity contribution in [3.05, 3.63) is 318 Å². The topological polar surface area (TPSA) is 6.48 Å². The molecule has 0 fully saturated rings. The van der Waals surface area contributed by atoms with Gasteiger partial charge in [-0.05, 0) is 165 Å². The smallest absolute Gasteiger partial charge is 0.247 e. The van der Waals surface area contributed by atoms with Gasteiger partial charge in [0.15, 0.2) is 0 Å². The highest BCUT2D eigenvalue weighted by Gasteiger charge is 2.55. The number of nitrogens with zero attached hydrogens (tertiary/aromatic N) is 2. The van der Waals surface area contributed by atoms with E-state index in [0.29, 0.717) is 11.1 Å². The molecule has 12 aromatic rings. The zero-order valence-corrected chi connectivity index (χ0v) is 51.3. The number of benzene rings is 12. The van der Waals surface area contributed by atoms with Gasteiger partial charge < -0.3 is 9.80 Å². The molecule has 0 saturated heterocycles. The van der Waals surface area contributed by atoms with Crippen LogP contribution in [0, 0.1) is 0 Å². The van der Waals surface area contributed by atoms with Gasteiger partial charge >= 0.3 is 0 Å². The molecule has 426 valence electrons. The molecule has 0 bridgehead atoms. The number of para-hydroxylation sites is 3. The normalized spacial score (nSPS) is 15.4. The van der Waals surface area contributed by atoms with Gasteiger partial charge in [-0.3, -0.25) is 0 Å². The monoisotopic (exact) mass is 1140 g/mol. The molecule has 88 heavy (non-hydrogen) atoms. The SMILES string of the molecule is [2H]c1c([2H])c([2H])c(-c2ccc3c(c2)B2c4cc(-c5c([2H])c([2H])c([2H])c([2H])c5[2H])ccc4C4(c5ccccc5N(c5ccccc5)c5ccccc54)c4cc(-c5cc(C(C)(C)C)cc(C(C)(C)C)c5)cc(c42)N3c2c(-c3ccccc3)cc(C(C)(C)C)cc2-c2ccccc2)c([2H])c1[2H]. The van der Waals surface area contributed by atoms with Gasteiger partial charge in [-0.1, -0.05) is 292 Å². The zero-order chi connectivity index (χ0) is 69.0. The van der Waals surface area contributed by atoms with Crippen molar-refractivity contribution >= 4 is 57.2 Å². The summed E-state index contributed by atoms with van der Waals surface area (Å²) in [5.74, 6) is 0. The first kappa shape index (κ1) is 44.7. The maximum Gasteiger partial charge on any atom is 0.247 e. The highest BCUT2D eigenvalue weighted by molar-refractivity contribution is 6.99. The Morgan fingerprint density at radius 3 is 1.30 bits per heavy atom. The Morgan fingerprint density at radius 1 is 0.318 bits per heavy atom. The van der Waals surface area contributed by atoms with Crippen molar-refractivity contribution in [1.29, 1.82) is 0 Å². The van der Waals surface area contributed by atoms with E-state index >= 15 is 0 Å². The third-order valence-corrected chi connectivity index (χ3v) is 18.5. The van der Waals surface area contributed by atoms with Gasteiger partial charge in [0.05, 0.1) is 36.2 Å². The second-order valence-corrected chi connectivity index (χ2v) is 27.0. The Balaban J connectivity index is 1.21. The fraction of sp³-hybridized carbons (Fsp3) is 0.153. The van der Waals surface area contributed by atoms with Gasteiger partial charge in [-0.2, -0.15) is 0 Å². The molecule has 0 amide bonds. The molecule has 12 aromatic carbocycles. The molecule has 0 aliphatic carbocycles. The number of rotatable bonds is 7. The minimum Gasteiger partial charge on any atom is -0.310 e. The molecule has 15 rings (SSSR count). The lowest BCUT2D eigenvalue weighted by Crippen LogP contribution is -2.65. The average Bonchev–Trinajstić information content (AvgIpc) is 0.662. The van der Waals surface area contributed by atoms with E-state index in [0.717, 1.165) is 112 Å². The molecule has 1 spiro atoms. The van der Waals surface area contributed by atoms with Crippen LogP contribution in [0.1, 0.15) is 115 Å². The van der Waals surface area contributed by atoms with Gasteiger partial charge in [0.2, 0.25) is 6.71 Å². The molecular weight excluding hydrogens is 1060 g/mol. The lowest BCUT2D eigenvalue weighted by molar-refractivity contribution is 0.569. The number of hydrogen-bond donors (Lipinski definition) is 0. The molecule has 3 aliphatic rings. The van der Waals surface area contributed by atoms with E-state index in [4.69, 9.17) is 8.22 Å². The van der Waals surface area contributed by atoms with E-state index in [1.165, 1.54) is 11.1 Å². The summed E-state index contributed by atoms with van der Waals surface area (Å²) in [4.78, 5) is 4.80. The second-order valence-electron chi connectivity index (χ2n) is 27.0. The molecular formula is C85H73BN2. The number of anilines is 6. The van der Waals surface area contributed by atoms with Gasteiger partial charge in [0.25, 0.3) is 0 Å². The van der Waals surface area contributed by atoms with Gasteiger partial charge in [-0.25, -0.2) is 0 Å². The summed E-state index contributed by atoms with van der Waals surface area (Å²) >= 11 is 0. The number of fused-ring (bicyclic) bond motifs is 10. The van der Waals surface area contributed by atoms with Crippen LogP contribution < -0.4 is 26.2 Å². The van der Waals surface area contributed by atoms with Crippen molar-refractivity contribution in [2.24, 2.45) is 0 Å². The lowest BCUT2D eigenvalue weighted by Gasteiger charge is -2.52. The quantitative estimate of drug-likeness (QED) is 0.147. The standard InChI is InChI=1S/C85H73BN2/c1-82(2,3)64-47-62(48-65(53-64)83(4,5)6)63-49-73-80-79(52-63)88(81-68(58-33-19-12-20-34-58)54-66(84(7,8)9)55-69(81)59-35-21-13-22-36-59)78-46-44-61(57-31-17-11-18-32-57)51-75(78)86(80)74-50-60(56-29-15-10-16-30-56)43-45-70(74)85(73)71-39-25-27-41-76(71)87(67-37-23-14-24-38-67)77-42-28-26-40-72(77)85/h10-55H,1-9H3/i10D,11D,15D,16D,17D,18D,29D,30D,31D,32D. The molecule has 0 radical (unpaired) electrons. The van der Waals surface area contributed by atoms with Crippen LogP contribution in [0.5, 0.6) is 0 Å². The first-order chi connectivity index (χ1) is 46.7. The Bertz CT molecular complexity index is 5100.